The Labute approximate surface area is 162 Å². The first-order valence-electron chi connectivity index (χ1n) is 9.01. The molecule has 2 aromatic heterocycles. The summed E-state index contributed by atoms with van der Waals surface area (Å²) >= 11 is 0. The summed E-state index contributed by atoms with van der Waals surface area (Å²) in [4.78, 5) is 17.4. The van der Waals surface area contributed by atoms with Gasteiger partial charge in [-0.05, 0) is 30.9 Å². The van der Waals surface area contributed by atoms with Crippen molar-refractivity contribution in [2.24, 2.45) is 0 Å². The van der Waals surface area contributed by atoms with E-state index in [-0.39, 0.29) is 35.4 Å². The molecule has 0 spiro atoms. The molecular formula is C17H22N6O4S. The number of carbonyl (C=O) groups excluding carboxylic acids is 1. The van der Waals surface area contributed by atoms with E-state index in [1.54, 1.807) is 26.4 Å². The first-order chi connectivity index (χ1) is 13.3. The van der Waals surface area contributed by atoms with Crippen molar-refractivity contribution in [3.05, 3.63) is 29.6 Å². The van der Waals surface area contributed by atoms with Gasteiger partial charge >= 0.3 is 6.09 Å². The first kappa shape index (κ1) is 18.7. The summed E-state index contributed by atoms with van der Waals surface area (Å²) in [6.45, 7) is 0.260. The number of ether oxygens (including phenoxy) is 1. The molecule has 3 N–H and O–H groups in total. The third-order valence-corrected chi connectivity index (χ3v) is 6.53. The molecule has 0 saturated heterocycles. The minimum atomic E-state index is -3.56. The zero-order chi connectivity index (χ0) is 19.9. The van der Waals surface area contributed by atoms with Crippen molar-refractivity contribution in [3.8, 4) is 0 Å². The van der Waals surface area contributed by atoms with Gasteiger partial charge in [0.1, 0.15) is 11.0 Å². The van der Waals surface area contributed by atoms with Gasteiger partial charge in [0, 0.05) is 44.5 Å². The van der Waals surface area contributed by atoms with E-state index in [0.29, 0.717) is 11.4 Å². The summed E-state index contributed by atoms with van der Waals surface area (Å²) < 4.78 is 32.3. The molecule has 1 amide bonds. The van der Waals surface area contributed by atoms with Gasteiger partial charge in [-0.2, -0.15) is 5.10 Å². The molecule has 3 heterocycles. The highest BCUT2D eigenvalue weighted by atomic mass is 32.2. The molecule has 0 radical (unpaired) electrons. The van der Waals surface area contributed by atoms with Crippen molar-refractivity contribution >= 4 is 27.8 Å². The summed E-state index contributed by atoms with van der Waals surface area (Å²) in [5.74, 6) is 0.944. The minimum Gasteiger partial charge on any atom is -0.446 e. The Kier molecular flexibility index (Phi) is 4.71. The predicted molar refractivity (Wildman–Crippen MR) is 101 cm³/mol. The normalized spacial score (nSPS) is 22.6. The number of aromatic amines is 1. The number of carbonyl (C=O) groups is 1. The Hall–Kier alpha value is -2.66. The van der Waals surface area contributed by atoms with Gasteiger partial charge < -0.3 is 15.0 Å². The average Bonchev–Trinajstić information content (AvgIpc) is 3.35. The molecule has 0 aromatic carbocycles. The SMILES string of the molecule is CN(C)C(=O)O[C@@H]1CC[C@H](c2cc(Nc3nccc4c3S(=O)(=O)NC4)n[nH]2)C1. The van der Waals surface area contributed by atoms with Gasteiger partial charge in [-0.3, -0.25) is 5.10 Å². The van der Waals surface area contributed by atoms with Gasteiger partial charge in [0.2, 0.25) is 10.0 Å². The Balaban J connectivity index is 1.46. The third kappa shape index (κ3) is 3.54. The maximum Gasteiger partial charge on any atom is 0.409 e. The number of nitrogens with zero attached hydrogens (tertiary/aromatic N) is 3. The number of aromatic nitrogens is 3. The third-order valence-electron chi connectivity index (χ3n) is 5.01. The van der Waals surface area contributed by atoms with Crippen LogP contribution in [0.15, 0.2) is 23.2 Å². The number of anilines is 2. The summed E-state index contributed by atoms with van der Waals surface area (Å²) in [5.41, 5.74) is 1.59. The number of amides is 1. The van der Waals surface area contributed by atoms with Crippen LogP contribution in [0.1, 0.15) is 36.4 Å². The fourth-order valence-electron chi connectivity index (χ4n) is 3.57. The Morgan fingerprint density at radius 3 is 2.96 bits per heavy atom. The summed E-state index contributed by atoms with van der Waals surface area (Å²) in [7, 11) is -0.240. The van der Waals surface area contributed by atoms with Crippen LogP contribution in [-0.2, 0) is 21.3 Å². The largest absolute Gasteiger partial charge is 0.446 e. The Bertz CT molecular complexity index is 1000. The van der Waals surface area contributed by atoms with Gasteiger partial charge in [0.15, 0.2) is 11.6 Å². The average molecular weight is 406 g/mol. The molecule has 28 heavy (non-hydrogen) atoms. The Morgan fingerprint density at radius 1 is 1.36 bits per heavy atom. The van der Waals surface area contributed by atoms with E-state index in [0.717, 1.165) is 25.0 Å². The molecule has 150 valence electrons. The van der Waals surface area contributed by atoms with E-state index >= 15 is 0 Å². The second-order valence-electron chi connectivity index (χ2n) is 7.22. The van der Waals surface area contributed by atoms with E-state index in [1.807, 2.05) is 6.07 Å². The fourth-order valence-corrected chi connectivity index (χ4v) is 4.90. The van der Waals surface area contributed by atoms with E-state index < -0.39 is 10.0 Å². The summed E-state index contributed by atoms with van der Waals surface area (Å²) in [5, 5.41) is 10.2. The van der Waals surface area contributed by atoms with E-state index in [4.69, 9.17) is 4.74 Å². The smallest absolute Gasteiger partial charge is 0.409 e. The van der Waals surface area contributed by atoms with Crippen LogP contribution in [0.5, 0.6) is 0 Å². The zero-order valence-electron chi connectivity index (χ0n) is 15.6. The number of sulfonamides is 1. The van der Waals surface area contributed by atoms with Crippen LogP contribution in [0.2, 0.25) is 0 Å². The van der Waals surface area contributed by atoms with Crippen molar-refractivity contribution < 1.29 is 17.9 Å². The lowest BCUT2D eigenvalue weighted by Gasteiger charge is -2.16. The lowest BCUT2D eigenvalue weighted by atomic mass is 10.0. The van der Waals surface area contributed by atoms with Crippen LogP contribution < -0.4 is 10.0 Å². The highest BCUT2D eigenvalue weighted by Gasteiger charge is 2.32. The second-order valence-corrected chi connectivity index (χ2v) is 8.92. The van der Waals surface area contributed by atoms with E-state index in [1.165, 1.54) is 4.90 Å². The summed E-state index contributed by atoms with van der Waals surface area (Å²) in [6.07, 6.45) is 3.51. The van der Waals surface area contributed by atoms with Crippen LogP contribution >= 0.6 is 0 Å². The van der Waals surface area contributed by atoms with Gasteiger partial charge in [0.05, 0.1) is 0 Å². The monoisotopic (exact) mass is 406 g/mol. The van der Waals surface area contributed by atoms with Crippen LogP contribution in [0, 0.1) is 0 Å². The molecule has 2 aliphatic rings. The summed E-state index contributed by atoms with van der Waals surface area (Å²) in [6, 6.07) is 3.53. The molecule has 11 heteroatoms. The molecule has 1 saturated carbocycles. The van der Waals surface area contributed by atoms with Gasteiger partial charge in [-0.25, -0.2) is 22.9 Å². The highest BCUT2D eigenvalue weighted by molar-refractivity contribution is 7.90. The molecule has 1 fully saturated rings. The highest BCUT2D eigenvalue weighted by Crippen LogP contribution is 2.36. The van der Waals surface area contributed by atoms with Gasteiger partial charge in [-0.15, -0.1) is 0 Å². The topological polar surface area (TPSA) is 129 Å². The maximum absolute atomic E-state index is 12.2. The molecule has 0 unspecified atom stereocenters. The number of fused-ring (bicyclic) bond motifs is 1. The molecule has 2 aromatic rings. The van der Waals surface area contributed by atoms with Crippen LogP contribution in [0.25, 0.3) is 0 Å². The number of H-pyrrole nitrogens is 1. The molecular weight excluding hydrogens is 384 g/mol. The second kappa shape index (κ2) is 7.06. The molecule has 0 bridgehead atoms. The quantitative estimate of drug-likeness (QED) is 0.704. The van der Waals surface area contributed by atoms with Crippen molar-refractivity contribution in [2.75, 3.05) is 19.4 Å². The standard InChI is InChI=1S/C17H22N6O4S/c1-23(2)17(24)27-12-4-3-10(7-12)13-8-14(22-21-13)20-16-15-11(5-6-18-16)9-19-28(15,25)26/h5-6,8,10,12,19H,3-4,7,9H2,1-2H3,(H2,18,20,21,22)/t10-,12+/m0/s1. The van der Waals surface area contributed by atoms with Crippen LogP contribution in [0.3, 0.4) is 0 Å². The van der Waals surface area contributed by atoms with Crippen molar-refractivity contribution in [3.63, 3.8) is 0 Å². The van der Waals surface area contributed by atoms with Crippen molar-refractivity contribution in [1.29, 1.82) is 0 Å². The van der Waals surface area contributed by atoms with Crippen molar-refractivity contribution in [1.82, 2.24) is 24.8 Å². The molecule has 2 atom stereocenters. The van der Waals surface area contributed by atoms with Crippen LogP contribution in [0.4, 0.5) is 16.4 Å². The first-order valence-corrected chi connectivity index (χ1v) is 10.5. The number of pyridine rings is 1. The van der Waals surface area contributed by atoms with E-state index in [2.05, 4.69) is 25.2 Å². The van der Waals surface area contributed by atoms with Crippen LogP contribution in [-0.4, -0.2) is 54.8 Å². The zero-order valence-corrected chi connectivity index (χ0v) is 16.4. The lowest BCUT2D eigenvalue weighted by Crippen LogP contribution is -2.26. The molecule has 1 aliphatic carbocycles. The van der Waals surface area contributed by atoms with E-state index in [9.17, 15) is 13.2 Å². The van der Waals surface area contributed by atoms with Gasteiger partial charge in [0.25, 0.3) is 0 Å². The fraction of sp³-hybridized carbons (Fsp3) is 0.471. The Morgan fingerprint density at radius 2 is 2.18 bits per heavy atom. The lowest BCUT2D eigenvalue weighted by molar-refractivity contribution is 0.0770. The molecule has 4 rings (SSSR count). The van der Waals surface area contributed by atoms with Gasteiger partial charge in [-0.1, -0.05) is 0 Å². The number of hydrogen-bond donors (Lipinski definition) is 3. The predicted octanol–water partition coefficient (Wildman–Crippen LogP) is 1.67. The maximum atomic E-state index is 12.2. The number of hydrogen-bond acceptors (Lipinski definition) is 7. The number of nitrogens with one attached hydrogen (secondary N) is 3. The minimum absolute atomic E-state index is 0.116. The van der Waals surface area contributed by atoms with Crippen molar-refractivity contribution in [2.45, 2.75) is 42.7 Å². The molecule has 1 aliphatic heterocycles. The molecule has 10 nitrogen and oxygen atoms in total. The number of rotatable bonds is 4.